The lowest BCUT2D eigenvalue weighted by molar-refractivity contribution is -0.160. The van der Waals surface area contributed by atoms with Gasteiger partial charge in [0.25, 0.3) is 5.56 Å². The summed E-state index contributed by atoms with van der Waals surface area (Å²) in [4.78, 5) is 16.7. The molecule has 0 aliphatic heterocycles. The summed E-state index contributed by atoms with van der Waals surface area (Å²) < 4.78 is 4.79. The van der Waals surface area contributed by atoms with E-state index in [4.69, 9.17) is 4.33 Å². The lowest BCUT2D eigenvalue weighted by atomic mass is 10.1. The zero-order valence-corrected chi connectivity index (χ0v) is 10.8. The average molecular weight is 264 g/mol. The lowest BCUT2D eigenvalue weighted by Gasteiger charge is -2.09. The largest absolute Gasteiger partial charge is 0.280 e. The molecule has 2 rings (SSSR count). The first-order chi connectivity index (χ1) is 8.74. The van der Waals surface area contributed by atoms with Crippen LogP contribution >= 0.6 is 12.0 Å². The van der Waals surface area contributed by atoms with Gasteiger partial charge in [0.1, 0.15) is 4.90 Å². The Morgan fingerprint density at radius 1 is 1.28 bits per heavy atom. The maximum absolute atomic E-state index is 11.8. The molecule has 0 amide bonds. The van der Waals surface area contributed by atoms with Crippen LogP contribution in [-0.2, 0) is 9.22 Å². The average Bonchev–Trinajstić information content (AvgIpc) is 2.40. The van der Waals surface area contributed by atoms with Gasteiger partial charge in [0.15, 0.2) is 0 Å². The van der Waals surface area contributed by atoms with Crippen LogP contribution in [0.15, 0.2) is 40.0 Å². The monoisotopic (exact) mass is 264 g/mol. The van der Waals surface area contributed by atoms with E-state index < -0.39 is 0 Å². The molecule has 6 heteroatoms. The molecule has 1 heterocycles. The zero-order valence-electron chi connectivity index (χ0n) is 9.97. The Balaban J connectivity index is 2.57. The third-order valence-electron chi connectivity index (χ3n) is 2.37. The molecular formula is C12H12N2O3S. The number of nitrogens with one attached hydrogen (secondary N) is 1. The molecule has 1 N–H and O–H groups in total. The van der Waals surface area contributed by atoms with Crippen LogP contribution in [-0.4, -0.2) is 17.3 Å². The molecule has 0 atom stereocenters. The molecular weight excluding hydrogens is 252 g/mol. The van der Waals surface area contributed by atoms with Crippen molar-refractivity contribution in [3.05, 3.63) is 46.4 Å². The van der Waals surface area contributed by atoms with Gasteiger partial charge in [-0.05, 0) is 12.5 Å². The van der Waals surface area contributed by atoms with Crippen molar-refractivity contribution in [2.24, 2.45) is 0 Å². The van der Waals surface area contributed by atoms with Gasteiger partial charge in [-0.25, -0.2) is 9.99 Å². The third kappa shape index (κ3) is 2.61. The van der Waals surface area contributed by atoms with Crippen molar-refractivity contribution in [1.82, 2.24) is 10.2 Å². The van der Waals surface area contributed by atoms with Gasteiger partial charge in [0.05, 0.1) is 24.8 Å². The summed E-state index contributed by atoms with van der Waals surface area (Å²) in [5.41, 5.74) is 2.08. The zero-order chi connectivity index (χ0) is 13.0. The fourth-order valence-corrected chi connectivity index (χ4v) is 2.22. The van der Waals surface area contributed by atoms with Gasteiger partial charge in [0, 0.05) is 5.56 Å². The highest BCUT2D eigenvalue weighted by Gasteiger charge is 2.15. The number of rotatable bonds is 4. The summed E-state index contributed by atoms with van der Waals surface area (Å²) in [5, 5.41) is 6.40. The second-order valence-electron chi connectivity index (χ2n) is 3.53. The van der Waals surface area contributed by atoms with Crippen molar-refractivity contribution in [3.63, 3.8) is 0 Å². The van der Waals surface area contributed by atoms with E-state index in [1.54, 1.807) is 0 Å². The molecule has 0 saturated carbocycles. The number of hydrogen-bond acceptors (Lipinski definition) is 5. The highest BCUT2D eigenvalue weighted by molar-refractivity contribution is 7.94. The second kappa shape index (κ2) is 5.81. The number of aryl methyl sites for hydroxylation is 1. The smallest absolute Gasteiger partial charge is 0.267 e. The van der Waals surface area contributed by atoms with Crippen molar-refractivity contribution in [2.45, 2.75) is 11.8 Å². The molecule has 0 radical (unpaired) electrons. The first kappa shape index (κ1) is 12.8. The first-order valence-corrected chi connectivity index (χ1v) is 6.00. The maximum atomic E-state index is 11.8. The van der Waals surface area contributed by atoms with Crippen LogP contribution in [0.4, 0.5) is 0 Å². The topological polar surface area (TPSA) is 64.2 Å². The van der Waals surface area contributed by atoms with Gasteiger partial charge in [-0.15, -0.1) is 0 Å². The quantitative estimate of drug-likeness (QED) is 0.521. The standard InChI is InChI=1S/C12H12N2O3S/c1-8-10(9-6-4-3-5-7-9)11(18-17-16-2)12(15)14-13-8/h3-7H,1-2H3,(H,14,15). The van der Waals surface area contributed by atoms with E-state index in [-0.39, 0.29) is 5.56 Å². The van der Waals surface area contributed by atoms with E-state index >= 15 is 0 Å². The minimum Gasteiger partial charge on any atom is -0.267 e. The van der Waals surface area contributed by atoms with Gasteiger partial charge in [-0.3, -0.25) is 4.79 Å². The number of nitrogens with zero attached hydrogens (tertiary/aromatic N) is 1. The van der Waals surface area contributed by atoms with Crippen LogP contribution in [0.3, 0.4) is 0 Å². The number of aromatic nitrogens is 2. The van der Waals surface area contributed by atoms with E-state index in [0.717, 1.165) is 28.9 Å². The normalized spacial score (nSPS) is 10.6. The first-order valence-electron chi connectivity index (χ1n) is 5.26. The number of benzene rings is 1. The van der Waals surface area contributed by atoms with E-state index in [9.17, 15) is 4.79 Å². The molecule has 2 aromatic rings. The summed E-state index contributed by atoms with van der Waals surface area (Å²) >= 11 is 0.877. The second-order valence-corrected chi connectivity index (χ2v) is 4.24. The Kier molecular flexibility index (Phi) is 4.14. The Morgan fingerprint density at radius 2 is 2.00 bits per heavy atom. The minimum atomic E-state index is -0.304. The molecule has 0 spiro atoms. The van der Waals surface area contributed by atoms with Gasteiger partial charge < -0.3 is 0 Å². The van der Waals surface area contributed by atoms with Gasteiger partial charge in [0.2, 0.25) is 0 Å². The van der Waals surface area contributed by atoms with Crippen molar-refractivity contribution >= 4 is 12.0 Å². The molecule has 94 valence electrons. The fraction of sp³-hybridized carbons (Fsp3) is 0.167. The van der Waals surface area contributed by atoms with E-state index in [2.05, 4.69) is 15.1 Å². The highest BCUT2D eigenvalue weighted by atomic mass is 32.2. The number of aromatic amines is 1. The van der Waals surface area contributed by atoms with Gasteiger partial charge >= 0.3 is 0 Å². The maximum Gasteiger partial charge on any atom is 0.280 e. The van der Waals surface area contributed by atoms with E-state index in [0.29, 0.717) is 4.90 Å². The molecule has 0 aliphatic rings. The van der Waals surface area contributed by atoms with E-state index in [1.807, 2.05) is 37.3 Å². The molecule has 0 unspecified atom stereocenters. The van der Waals surface area contributed by atoms with Crippen LogP contribution in [0, 0.1) is 6.92 Å². The number of H-pyrrole nitrogens is 1. The van der Waals surface area contributed by atoms with Gasteiger partial charge in [-0.1, -0.05) is 30.3 Å². The number of hydrogen-bond donors (Lipinski definition) is 1. The van der Waals surface area contributed by atoms with Crippen molar-refractivity contribution < 1.29 is 9.22 Å². The lowest BCUT2D eigenvalue weighted by Crippen LogP contribution is -2.13. The molecule has 0 saturated heterocycles. The molecule has 5 nitrogen and oxygen atoms in total. The molecule has 0 bridgehead atoms. The molecule has 1 aromatic heterocycles. The molecule has 18 heavy (non-hydrogen) atoms. The van der Waals surface area contributed by atoms with Crippen LogP contribution in [0.25, 0.3) is 11.1 Å². The van der Waals surface area contributed by atoms with Gasteiger partial charge in [-0.2, -0.15) is 9.43 Å². The van der Waals surface area contributed by atoms with Crippen LogP contribution in [0.1, 0.15) is 5.69 Å². The third-order valence-corrected chi connectivity index (χ3v) is 3.13. The summed E-state index contributed by atoms with van der Waals surface area (Å²) in [6.45, 7) is 1.83. The Hall–Kier alpha value is -1.63. The van der Waals surface area contributed by atoms with Crippen LogP contribution in [0.2, 0.25) is 0 Å². The molecule has 0 aliphatic carbocycles. The van der Waals surface area contributed by atoms with Crippen molar-refractivity contribution in [3.8, 4) is 11.1 Å². The highest BCUT2D eigenvalue weighted by Crippen LogP contribution is 2.30. The fourth-order valence-electron chi connectivity index (χ4n) is 1.61. The Morgan fingerprint density at radius 3 is 2.67 bits per heavy atom. The summed E-state index contributed by atoms with van der Waals surface area (Å²) in [6.07, 6.45) is 0. The van der Waals surface area contributed by atoms with E-state index in [1.165, 1.54) is 7.11 Å². The predicted molar refractivity (Wildman–Crippen MR) is 69.0 cm³/mol. The Bertz CT molecular complexity index is 584. The van der Waals surface area contributed by atoms with Crippen LogP contribution < -0.4 is 5.56 Å². The minimum absolute atomic E-state index is 0.304. The molecule has 0 fully saturated rings. The Labute approximate surface area is 108 Å². The van der Waals surface area contributed by atoms with Crippen molar-refractivity contribution in [1.29, 1.82) is 0 Å². The van der Waals surface area contributed by atoms with Crippen LogP contribution in [0.5, 0.6) is 0 Å². The van der Waals surface area contributed by atoms with Crippen molar-refractivity contribution in [2.75, 3.05) is 7.11 Å². The SMILES string of the molecule is COOSc1c(-c2ccccc2)c(C)n[nH]c1=O. The summed E-state index contributed by atoms with van der Waals surface area (Å²) in [5.74, 6) is 0. The molecule has 1 aromatic carbocycles. The summed E-state index contributed by atoms with van der Waals surface area (Å²) in [6, 6.07) is 9.56. The predicted octanol–water partition coefficient (Wildman–Crippen LogP) is 2.33. The summed E-state index contributed by atoms with van der Waals surface area (Å²) in [7, 11) is 1.39.